The number of aryl methyl sites for hydroxylation is 1. The third kappa shape index (κ3) is 3.37. The van der Waals surface area contributed by atoms with Gasteiger partial charge in [-0.05, 0) is 33.1 Å². The molecule has 2 rings (SSSR count). The molecule has 2 heterocycles. The minimum atomic E-state index is -1.09. The second-order valence-electron chi connectivity index (χ2n) is 8.00. The van der Waals surface area contributed by atoms with E-state index < -0.39 is 23.2 Å². The van der Waals surface area contributed by atoms with E-state index in [0.29, 0.717) is 21.6 Å². The van der Waals surface area contributed by atoms with E-state index in [0.717, 1.165) is 5.01 Å². The smallest absolute Gasteiger partial charge is 0.412 e. The SMILES string of the molecule is Cc1nc2c(C(O)C(C)(C)C)c(N(C(=O)O)C(C)(C)C)cnc2s1. The van der Waals surface area contributed by atoms with Crippen molar-refractivity contribution < 1.29 is 15.0 Å². The Labute approximate surface area is 146 Å². The van der Waals surface area contributed by atoms with Crippen molar-refractivity contribution in [2.75, 3.05) is 4.90 Å². The van der Waals surface area contributed by atoms with Gasteiger partial charge in [0.25, 0.3) is 0 Å². The highest BCUT2D eigenvalue weighted by atomic mass is 32.1. The highest BCUT2D eigenvalue weighted by Gasteiger charge is 2.36. The van der Waals surface area contributed by atoms with Gasteiger partial charge < -0.3 is 10.2 Å². The number of carboxylic acid groups (broad SMARTS) is 1. The van der Waals surface area contributed by atoms with Gasteiger partial charge in [-0.2, -0.15) is 0 Å². The van der Waals surface area contributed by atoms with Crippen LogP contribution >= 0.6 is 11.3 Å². The van der Waals surface area contributed by atoms with Gasteiger partial charge in [0.1, 0.15) is 10.3 Å². The molecule has 7 heteroatoms. The molecule has 0 aliphatic rings. The van der Waals surface area contributed by atoms with Gasteiger partial charge >= 0.3 is 6.09 Å². The molecule has 1 unspecified atom stereocenters. The molecule has 0 saturated heterocycles. The predicted octanol–water partition coefficient (Wildman–Crippen LogP) is 4.36. The van der Waals surface area contributed by atoms with E-state index >= 15 is 0 Å². The van der Waals surface area contributed by atoms with E-state index in [1.165, 1.54) is 22.4 Å². The molecule has 132 valence electrons. The molecule has 6 nitrogen and oxygen atoms in total. The number of amides is 1. The van der Waals surface area contributed by atoms with Gasteiger partial charge in [-0.3, -0.25) is 4.90 Å². The Kier molecular flexibility index (Phi) is 4.63. The van der Waals surface area contributed by atoms with Crippen LogP contribution in [0.15, 0.2) is 6.20 Å². The summed E-state index contributed by atoms with van der Waals surface area (Å²) in [4.78, 5) is 22.8. The minimum Gasteiger partial charge on any atom is -0.465 e. The summed E-state index contributed by atoms with van der Waals surface area (Å²) >= 11 is 1.43. The largest absolute Gasteiger partial charge is 0.465 e. The second kappa shape index (κ2) is 5.97. The van der Waals surface area contributed by atoms with Crippen LogP contribution in [0.3, 0.4) is 0 Å². The van der Waals surface area contributed by atoms with Crippen LogP contribution in [0.5, 0.6) is 0 Å². The molecule has 0 aromatic carbocycles. The van der Waals surface area contributed by atoms with Gasteiger partial charge in [0, 0.05) is 11.1 Å². The normalized spacial score (nSPS) is 14.0. The summed E-state index contributed by atoms with van der Waals surface area (Å²) in [5, 5.41) is 21.5. The number of aliphatic hydroxyl groups excluding tert-OH is 1. The number of carbonyl (C=O) groups is 1. The third-order valence-corrected chi connectivity index (χ3v) is 4.63. The predicted molar refractivity (Wildman–Crippen MR) is 96.8 cm³/mol. The van der Waals surface area contributed by atoms with Gasteiger partial charge in [-0.1, -0.05) is 32.1 Å². The lowest BCUT2D eigenvalue weighted by atomic mass is 9.83. The number of thiazole rings is 1. The molecule has 0 fully saturated rings. The fourth-order valence-corrected chi connectivity index (χ4v) is 3.40. The van der Waals surface area contributed by atoms with Crippen LogP contribution in [0, 0.1) is 12.3 Å². The molecule has 0 saturated carbocycles. The maximum absolute atomic E-state index is 11.9. The Bertz CT molecular complexity index is 772. The molecule has 2 aromatic heterocycles. The number of rotatable bonds is 2. The molecule has 0 aliphatic heterocycles. The molecule has 0 aliphatic carbocycles. The van der Waals surface area contributed by atoms with E-state index in [4.69, 9.17) is 0 Å². The number of anilines is 1. The van der Waals surface area contributed by atoms with Gasteiger partial charge in [-0.15, -0.1) is 0 Å². The lowest BCUT2D eigenvalue weighted by Gasteiger charge is -2.36. The Morgan fingerprint density at radius 1 is 1.25 bits per heavy atom. The van der Waals surface area contributed by atoms with E-state index in [2.05, 4.69) is 9.97 Å². The maximum Gasteiger partial charge on any atom is 0.412 e. The monoisotopic (exact) mass is 351 g/mol. The summed E-state index contributed by atoms with van der Waals surface area (Å²) < 4.78 is 0. The number of hydrogen-bond acceptors (Lipinski definition) is 5. The van der Waals surface area contributed by atoms with Crippen molar-refractivity contribution in [1.29, 1.82) is 0 Å². The molecule has 1 amide bonds. The average Bonchev–Trinajstić information content (AvgIpc) is 2.74. The number of pyridine rings is 1. The number of fused-ring (bicyclic) bond motifs is 1. The molecule has 1 atom stereocenters. The molecule has 2 aromatic rings. The van der Waals surface area contributed by atoms with Crippen LogP contribution in [-0.4, -0.2) is 31.8 Å². The van der Waals surface area contributed by atoms with Gasteiger partial charge in [0.05, 0.1) is 23.0 Å². The van der Waals surface area contributed by atoms with Crippen molar-refractivity contribution in [3.8, 4) is 0 Å². The summed E-state index contributed by atoms with van der Waals surface area (Å²) in [7, 11) is 0. The molecule has 0 bridgehead atoms. The van der Waals surface area contributed by atoms with Crippen LogP contribution in [0.1, 0.15) is 58.2 Å². The first-order valence-corrected chi connectivity index (χ1v) is 8.63. The van der Waals surface area contributed by atoms with Gasteiger partial charge in [0.15, 0.2) is 0 Å². The number of aliphatic hydroxyl groups is 1. The molecule has 2 N–H and O–H groups in total. The fraction of sp³-hybridized carbons (Fsp3) is 0.588. The summed E-state index contributed by atoms with van der Waals surface area (Å²) in [6, 6.07) is 0. The maximum atomic E-state index is 11.9. The van der Waals surface area contributed by atoms with Crippen molar-refractivity contribution >= 4 is 33.5 Å². The van der Waals surface area contributed by atoms with Crippen molar-refractivity contribution in [1.82, 2.24) is 9.97 Å². The topological polar surface area (TPSA) is 86.6 Å². The van der Waals surface area contributed by atoms with Crippen LogP contribution < -0.4 is 4.90 Å². The standard InChI is InChI=1S/C17H25N3O3S/c1-9-19-12-11(13(21)16(2,3)4)10(8-18-14(12)24-9)20(15(22)23)17(5,6)7/h8,13,21H,1-7H3,(H,22,23). The Morgan fingerprint density at radius 3 is 2.29 bits per heavy atom. The zero-order chi connectivity index (χ0) is 18.4. The van der Waals surface area contributed by atoms with Gasteiger partial charge in [0.2, 0.25) is 0 Å². The van der Waals surface area contributed by atoms with Crippen molar-refractivity contribution in [2.24, 2.45) is 5.41 Å². The molecular weight excluding hydrogens is 326 g/mol. The molecule has 0 spiro atoms. The lowest BCUT2D eigenvalue weighted by Crippen LogP contribution is -2.46. The Morgan fingerprint density at radius 2 is 1.83 bits per heavy atom. The second-order valence-corrected chi connectivity index (χ2v) is 9.18. The number of hydrogen-bond donors (Lipinski definition) is 2. The molecule has 24 heavy (non-hydrogen) atoms. The Balaban J connectivity index is 2.85. The fourth-order valence-electron chi connectivity index (χ4n) is 2.62. The minimum absolute atomic E-state index is 0.384. The first-order chi connectivity index (χ1) is 10.8. The van der Waals surface area contributed by atoms with Crippen molar-refractivity contribution in [3.63, 3.8) is 0 Å². The van der Waals surface area contributed by atoms with Crippen LogP contribution in [0.4, 0.5) is 10.5 Å². The first kappa shape index (κ1) is 18.6. The summed E-state index contributed by atoms with van der Waals surface area (Å²) in [5.41, 5.74) is 0.332. The van der Waals surface area contributed by atoms with Crippen molar-refractivity contribution in [2.45, 2.75) is 60.1 Å². The zero-order valence-electron chi connectivity index (χ0n) is 15.2. The zero-order valence-corrected chi connectivity index (χ0v) is 16.0. The first-order valence-electron chi connectivity index (χ1n) is 7.81. The molecule has 0 radical (unpaired) electrons. The van der Waals surface area contributed by atoms with E-state index in [1.54, 1.807) is 0 Å². The van der Waals surface area contributed by atoms with Crippen molar-refractivity contribution in [3.05, 3.63) is 16.8 Å². The van der Waals surface area contributed by atoms with E-state index in [-0.39, 0.29) is 0 Å². The number of nitrogens with zero attached hydrogens (tertiary/aromatic N) is 3. The number of aromatic nitrogens is 2. The Hall–Kier alpha value is -1.73. The van der Waals surface area contributed by atoms with E-state index in [1.807, 2.05) is 48.5 Å². The van der Waals surface area contributed by atoms with Crippen LogP contribution in [0.25, 0.3) is 10.3 Å². The van der Waals surface area contributed by atoms with Crippen LogP contribution in [0.2, 0.25) is 0 Å². The highest BCUT2D eigenvalue weighted by Crippen LogP contribution is 2.43. The lowest BCUT2D eigenvalue weighted by molar-refractivity contribution is 0.0639. The molecular formula is C17H25N3O3S. The average molecular weight is 351 g/mol. The summed E-state index contributed by atoms with van der Waals surface area (Å²) in [6.45, 7) is 13.0. The third-order valence-electron chi connectivity index (χ3n) is 3.75. The van der Waals surface area contributed by atoms with E-state index in [9.17, 15) is 15.0 Å². The van der Waals surface area contributed by atoms with Gasteiger partial charge in [-0.25, -0.2) is 14.8 Å². The summed E-state index contributed by atoms with van der Waals surface area (Å²) in [5.74, 6) is 0. The summed E-state index contributed by atoms with van der Waals surface area (Å²) in [6.07, 6.45) is -0.425. The highest BCUT2D eigenvalue weighted by molar-refractivity contribution is 7.18. The van der Waals surface area contributed by atoms with Crippen LogP contribution in [-0.2, 0) is 0 Å². The quantitative estimate of drug-likeness (QED) is 0.839.